The molecular formula is C23H19Cl3N2O6S. The third kappa shape index (κ3) is 4.79. The molecule has 1 atom stereocenters. The average Bonchev–Trinajstić information content (AvgIpc) is 2.81. The first-order chi connectivity index (χ1) is 16.6. The number of nitro benzene ring substituents is 1. The SMILES string of the molecule is COc1cc2c(c(OC)c1)C(c1cc(Cl)cc(Cl)c1)N(S(=O)(=O)c1ccc(Cl)c([N+](=O)[O-])c1)CC2. The molecule has 0 amide bonds. The van der Waals surface area contributed by atoms with Gasteiger partial charge in [-0.25, -0.2) is 8.42 Å². The van der Waals surface area contributed by atoms with Crippen molar-refractivity contribution in [2.24, 2.45) is 0 Å². The Hall–Kier alpha value is -2.56. The molecule has 3 aromatic carbocycles. The van der Waals surface area contributed by atoms with Gasteiger partial charge in [-0.15, -0.1) is 0 Å². The number of nitrogens with zero attached hydrogens (tertiary/aromatic N) is 2. The Morgan fingerprint density at radius 1 is 1.00 bits per heavy atom. The normalized spacial score (nSPS) is 16.0. The molecule has 35 heavy (non-hydrogen) atoms. The van der Waals surface area contributed by atoms with Crippen LogP contribution in [0.2, 0.25) is 15.1 Å². The molecule has 1 unspecified atom stereocenters. The van der Waals surface area contributed by atoms with Crippen LogP contribution in [0.15, 0.2) is 53.4 Å². The lowest BCUT2D eigenvalue weighted by Crippen LogP contribution is -2.40. The Kier molecular flexibility index (Phi) is 7.17. The molecule has 184 valence electrons. The number of fused-ring (bicyclic) bond motifs is 1. The maximum atomic E-state index is 13.9. The second kappa shape index (κ2) is 9.83. The van der Waals surface area contributed by atoms with Crippen LogP contribution in [0.4, 0.5) is 5.69 Å². The number of halogens is 3. The molecule has 4 rings (SSSR count). The lowest BCUT2D eigenvalue weighted by atomic mass is 9.88. The van der Waals surface area contributed by atoms with Gasteiger partial charge in [0.1, 0.15) is 16.5 Å². The summed E-state index contributed by atoms with van der Waals surface area (Å²) in [4.78, 5) is 10.4. The summed E-state index contributed by atoms with van der Waals surface area (Å²) < 4.78 is 40.0. The molecule has 0 saturated carbocycles. The minimum Gasteiger partial charge on any atom is -0.497 e. The van der Waals surface area contributed by atoms with Gasteiger partial charge in [0.25, 0.3) is 5.69 Å². The predicted molar refractivity (Wildman–Crippen MR) is 134 cm³/mol. The molecule has 1 heterocycles. The highest BCUT2D eigenvalue weighted by molar-refractivity contribution is 7.89. The largest absolute Gasteiger partial charge is 0.497 e. The van der Waals surface area contributed by atoms with E-state index in [1.807, 2.05) is 6.07 Å². The van der Waals surface area contributed by atoms with E-state index in [-0.39, 0.29) is 16.5 Å². The van der Waals surface area contributed by atoms with E-state index in [0.717, 1.165) is 11.6 Å². The van der Waals surface area contributed by atoms with Crippen molar-refractivity contribution in [2.75, 3.05) is 20.8 Å². The Morgan fingerprint density at radius 3 is 2.29 bits per heavy atom. The Balaban J connectivity index is 1.97. The second-order valence-corrected chi connectivity index (χ2v) is 10.9. The summed E-state index contributed by atoms with van der Waals surface area (Å²) in [5.41, 5.74) is 1.44. The smallest absolute Gasteiger partial charge is 0.289 e. The second-order valence-electron chi connectivity index (χ2n) is 7.74. The van der Waals surface area contributed by atoms with Crippen molar-refractivity contribution >= 4 is 50.5 Å². The molecule has 1 aliphatic heterocycles. The first-order valence-corrected chi connectivity index (χ1v) is 12.8. The van der Waals surface area contributed by atoms with E-state index < -0.39 is 26.7 Å². The van der Waals surface area contributed by atoms with E-state index in [4.69, 9.17) is 44.3 Å². The number of sulfonamides is 1. The summed E-state index contributed by atoms with van der Waals surface area (Å²) in [6.07, 6.45) is 0.350. The van der Waals surface area contributed by atoms with Crippen LogP contribution < -0.4 is 9.47 Å². The van der Waals surface area contributed by atoms with Gasteiger partial charge < -0.3 is 9.47 Å². The first kappa shape index (κ1) is 25.5. The highest BCUT2D eigenvalue weighted by Crippen LogP contribution is 2.46. The topological polar surface area (TPSA) is 99.0 Å². The highest BCUT2D eigenvalue weighted by atomic mass is 35.5. The van der Waals surface area contributed by atoms with Gasteiger partial charge in [0.2, 0.25) is 10.0 Å². The van der Waals surface area contributed by atoms with Gasteiger partial charge in [0, 0.05) is 34.3 Å². The van der Waals surface area contributed by atoms with Gasteiger partial charge >= 0.3 is 0 Å². The van der Waals surface area contributed by atoms with Crippen molar-refractivity contribution in [3.63, 3.8) is 0 Å². The van der Waals surface area contributed by atoms with Gasteiger partial charge in [-0.05, 0) is 53.9 Å². The molecule has 0 aromatic heterocycles. The van der Waals surface area contributed by atoms with Crippen LogP contribution in [-0.4, -0.2) is 38.4 Å². The van der Waals surface area contributed by atoms with Crippen LogP contribution in [0.5, 0.6) is 11.5 Å². The van der Waals surface area contributed by atoms with Crippen LogP contribution in [0.25, 0.3) is 0 Å². The fourth-order valence-electron chi connectivity index (χ4n) is 4.22. The Labute approximate surface area is 217 Å². The van der Waals surface area contributed by atoms with Gasteiger partial charge in [-0.1, -0.05) is 34.8 Å². The lowest BCUT2D eigenvalue weighted by molar-refractivity contribution is -0.384. The Bertz CT molecular complexity index is 1390. The zero-order chi connectivity index (χ0) is 25.5. The molecule has 8 nitrogen and oxygen atoms in total. The summed E-state index contributed by atoms with van der Waals surface area (Å²) in [6.45, 7) is 0.0802. The number of methoxy groups -OCH3 is 2. The molecular weight excluding hydrogens is 539 g/mol. The molecule has 0 spiro atoms. The molecule has 0 N–H and O–H groups in total. The van der Waals surface area contributed by atoms with Crippen molar-refractivity contribution in [1.82, 2.24) is 4.31 Å². The number of rotatable bonds is 6. The summed E-state index contributed by atoms with van der Waals surface area (Å²) in [5.74, 6) is 0.982. The molecule has 0 aliphatic carbocycles. The van der Waals surface area contributed by atoms with Crippen molar-refractivity contribution < 1.29 is 22.8 Å². The molecule has 3 aromatic rings. The van der Waals surface area contributed by atoms with Crippen LogP contribution >= 0.6 is 34.8 Å². The van der Waals surface area contributed by atoms with E-state index >= 15 is 0 Å². The van der Waals surface area contributed by atoms with Gasteiger partial charge in [-0.3, -0.25) is 10.1 Å². The zero-order valence-corrected chi connectivity index (χ0v) is 21.6. The van der Waals surface area contributed by atoms with Crippen LogP contribution in [-0.2, 0) is 16.4 Å². The fourth-order valence-corrected chi connectivity index (χ4v) is 6.55. The van der Waals surface area contributed by atoms with Crippen molar-refractivity contribution in [3.8, 4) is 11.5 Å². The standard InChI is InChI=1S/C23H19Cl3N2O6S/c1-33-17-9-13-5-6-27(35(31,32)18-3-4-19(26)20(12-18)28(29)30)23(22(13)21(11-17)34-2)14-7-15(24)10-16(25)8-14/h3-4,7-12,23H,5-6H2,1-2H3. The minimum absolute atomic E-state index is 0.0802. The maximum Gasteiger partial charge on any atom is 0.289 e. The summed E-state index contributed by atoms with van der Waals surface area (Å²) in [6, 6.07) is 10.8. The summed E-state index contributed by atoms with van der Waals surface area (Å²) in [5, 5.41) is 11.9. The third-order valence-electron chi connectivity index (χ3n) is 5.74. The van der Waals surface area contributed by atoms with Crippen LogP contribution in [0.1, 0.15) is 22.7 Å². The molecule has 0 bridgehead atoms. The molecule has 0 saturated heterocycles. The number of hydrogen-bond donors (Lipinski definition) is 0. The number of benzene rings is 3. The lowest BCUT2D eigenvalue weighted by Gasteiger charge is -2.37. The molecule has 1 aliphatic rings. The monoisotopic (exact) mass is 556 g/mol. The average molecular weight is 558 g/mol. The quantitative estimate of drug-likeness (QED) is 0.276. The van der Waals surface area contributed by atoms with Gasteiger partial charge in [0.05, 0.1) is 30.1 Å². The number of hydrogen-bond acceptors (Lipinski definition) is 6. The predicted octanol–water partition coefficient (Wildman–Crippen LogP) is 5.91. The van der Waals surface area contributed by atoms with Crippen molar-refractivity contribution in [1.29, 1.82) is 0 Å². The number of ether oxygens (including phenoxy) is 2. The van der Waals surface area contributed by atoms with Crippen LogP contribution in [0.3, 0.4) is 0 Å². The van der Waals surface area contributed by atoms with E-state index in [1.165, 1.54) is 30.7 Å². The summed E-state index contributed by atoms with van der Waals surface area (Å²) >= 11 is 18.5. The maximum absolute atomic E-state index is 13.9. The minimum atomic E-state index is -4.24. The van der Waals surface area contributed by atoms with Gasteiger partial charge in [0.15, 0.2) is 0 Å². The molecule has 0 fully saturated rings. The highest BCUT2D eigenvalue weighted by Gasteiger charge is 2.40. The Morgan fingerprint density at radius 2 is 1.69 bits per heavy atom. The van der Waals surface area contributed by atoms with Crippen molar-refractivity contribution in [3.05, 3.63) is 90.4 Å². The van der Waals surface area contributed by atoms with E-state index in [1.54, 1.807) is 24.3 Å². The molecule has 0 radical (unpaired) electrons. The number of nitro groups is 1. The molecule has 12 heteroatoms. The van der Waals surface area contributed by atoms with E-state index in [2.05, 4.69) is 0 Å². The van der Waals surface area contributed by atoms with Crippen LogP contribution in [0, 0.1) is 10.1 Å². The van der Waals surface area contributed by atoms with Gasteiger partial charge in [-0.2, -0.15) is 4.31 Å². The third-order valence-corrected chi connectivity index (χ3v) is 8.36. The zero-order valence-electron chi connectivity index (χ0n) is 18.5. The van der Waals surface area contributed by atoms with Crippen molar-refractivity contribution in [2.45, 2.75) is 17.4 Å². The summed E-state index contributed by atoms with van der Waals surface area (Å²) in [7, 11) is -1.23. The fraction of sp³-hybridized carbons (Fsp3) is 0.217. The first-order valence-electron chi connectivity index (χ1n) is 10.2. The van der Waals surface area contributed by atoms with E-state index in [0.29, 0.717) is 39.1 Å². The van der Waals surface area contributed by atoms with E-state index in [9.17, 15) is 18.5 Å².